The van der Waals surface area contributed by atoms with Gasteiger partial charge >= 0.3 is 0 Å². The van der Waals surface area contributed by atoms with Gasteiger partial charge in [0, 0.05) is 25.7 Å². The molecule has 0 aliphatic carbocycles. The van der Waals surface area contributed by atoms with Crippen molar-refractivity contribution in [1.82, 2.24) is 24.9 Å². The molecule has 1 fully saturated rings. The molecule has 0 bridgehead atoms. The van der Waals surface area contributed by atoms with Crippen LogP contribution in [0, 0.1) is 5.92 Å². The van der Waals surface area contributed by atoms with Gasteiger partial charge in [-0.15, -0.1) is 0 Å². The molecule has 2 aromatic rings. The number of rotatable bonds is 6. The summed E-state index contributed by atoms with van der Waals surface area (Å²) in [6.07, 6.45) is 4.01. The van der Waals surface area contributed by atoms with Crippen molar-refractivity contribution in [3.05, 3.63) is 12.4 Å². The highest BCUT2D eigenvalue weighted by Crippen LogP contribution is 2.19. The Morgan fingerprint density at radius 1 is 1.32 bits per heavy atom. The molecular weight excluding hydrogens is 278 g/mol. The summed E-state index contributed by atoms with van der Waals surface area (Å²) in [4.78, 5) is 11.1. The molecule has 0 atom stereocenters. The van der Waals surface area contributed by atoms with Gasteiger partial charge < -0.3 is 15.5 Å². The zero-order valence-corrected chi connectivity index (χ0v) is 13.4. The first kappa shape index (κ1) is 15.0. The van der Waals surface area contributed by atoms with Gasteiger partial charge in [-0.1, -0.05) is 0 Å². The van der Waals surface area contributed by atoms with Crippen LogP contribution in [0.2, 0.25) is 0 Å². The summed E-state index contributed by atoms with van der Waals surface area (Å²) in [6.45, 7) is 9.35. The first-order chi connectivity index (χ1) is 10.8. The van der Waals surface area contributed by atoms with Crippen LogP contribution < -0.4 is 15.5 Å². The first-order valence-corrected chi connectivity index (χ1v) is 8.22. The lowest BCUT2D eigenvalue weighted by atomic mass is 9.98. The van der Waals surface area contributed by atoms with Crippen LogP contribution in [0.3, 0.4) is 0 Å². The molecule has 0 aromatic carbocycles. The van der Waals surface area contributed by atoms with E-state index in [-0.39, 0.29) is 0 Å². The predicted octanol–water partition coefficient (Wildman–Crippen LogP) is 1.38. The van der Waals surface area contributed by atoms with Crippen molar-refractivity contribution < 1.29 is 0 Å². The Morgan fingerprint density at radius 2 is 2.09 bits per heavy atom. The molecule has 0 amide bonds. The number of fused-ring (bicyclic) bond motifs is 1. The fourth-order valence-corrected chi connectivity index (χ4v) is 2.97. The minimum atomic E-state index is 0.650. The van der Waals surface area contributed by atoms with Crippen molar-refractivity contribution in [1.29, 1.82) is 0 Å². The number of nitrogens with zero attached hydrogens (tertiary/aromatic N) is 5. The lowest BCUT2D eigenvalue weighted by Crippen LogP contribution is -2.31. The predicted molar refractivity (Wildman–Crippen MR) is 88.4 cm³/mol. The molecule has 2 aromatic heterocycles. The summed E-state index contributed by atoms with van der Waals surface area (Å²) >= 11 is 0. The maximum absolute atomic E-state index is 4.60. The van der Waals surface area contributed by atoms with Gasteiger partial charge in [0.05, 0.1) is 0 Å². The second-order valence-electron chi connectivity index (χ2n) is 5.72. The van der Waals surface area contributed by atoms with Crippen molar-refractivity contribution in [3.8, 4) is 0 Å². The molecule has 1 saturated heterocycles. The molecule has 1 aliphatic rings. The standard InChI is InChI=1S/C15H25N7/c1-3-21(4-2)14-9-13(22-15(20-14)18-11-19-22)17-10-12-5-7-16-8-6-12/h9,11-12,16-17H,3-8,10H2,1-2H3. The SMILES string of the molecule is CCN(CC)c1cc(NCC2CCNCC2)n2ncnc2n1. The Morgan fingerprint density at radius 3 is 2.82 bits per heavy atom. The molecule has 0 unspecified atom stereocenters. The van der Waals surface area contributed by atoms with Crippen LogP contribution in [0.1, 0.15) is 26.7 Å². The summed E-state index contributed by atoms with van der Waals surface area (Å²) in [5.41, 5.74) is 0. The highest BCUT2D eigenvalue weighted by molar-refractivity contribution is 5.55. The van der Waals surface area contributed by atoms with E-state index in [0.29, 0.717) is 11.7 Å². The monoisotopic (exact) mass is 303 g/mol. The highest BCUT2D eigenvalue weighted by Gasteiger charge is 2.15. The molecule has 0 radical (unpaired) electrons. The van der Waals surface area contributed by atoms with E-state index in [2.05, 4.69) is 50.5 Å². The summed E-state index contributed by atoms with van der Waals surface area (Å²) in [5, 5.41) is 11.2. The smallest absolute Gasteiger partial charge is 0.256 e. The number of aromatic nitrogens is 4. The molecule has 120 valence electrons. The Balaban J connectivity index is 1.81. The normalized spacial score (nSPS) is 16.1. The number of hydrogen-bond donors (Lipinski definition) is 2. The van der Waals surface area contributed by atoms with Crippen molar-refractivity contribution >= 4 is 17.4 Å². The van der Waals surface area contributed by atoms with Crippen LogP contribution in [0.4, 0.5) is 11.6 Å². The molecule has 0 saturated carbocycles. The molecule has 0 spiro atoms. The Hall–Kier alpha value is -1.89. The van der Waals surface area contributed by atoms with E-state index in [1.807, 2.05) is 0 Å². The van der Waals surface area contributed by atoms with Gasteiger partial charge in [-0.3, -0.25) is 0 Å². The molecule has 22 heavy (non-hydrogen) atoms. The van der Waals surface area contributed by atoms with Crippen molar-refractivity contribution in [2.75, 3.05) is 42.9 Å². The average Bonchev–Trinajstić information content (AvgIpc) is 3.03. The van der Waals surface area contributed by atoms with Gasteiger partial charge in [-0.25, -0.2) is 0 Å². The van der Waals surface area contributed by atoms with Crippen molar-refractivity contribution in [3.63, 3.8) is 0 Å². The fourth-order valence-electron chi connectivity index (χ4n) is 2.97. The van der Waals surface area contributed by atoms with Crippen LogP contribution in [0.25, 0.3) is 5.78 Å². The molecule has 1 aliphatic heterocycles. The first-order valence-electron chi connectivity index (χ1n) is 8.22. The zero-order chi connectivity index (χ0) is 15.4. The quantitative estimate of drug-likeness (QED) is 0.840. The molecular formula is C15H25N7. The van der Waals surface area contributed by atoms with Crippen LogP contribution >= 0.6 is 0 Å². The van der Waals surface area contributed by atoms with Gasteiger partial charge in [-0.05, 0) is 45.7 Å². The van der Waals surface area contributed by atoms with Crippen LogP contribution in [-0.4, -0.2) is 52.3 Å². The van der Waals surface area contributed by atoms with Gasteiger partial charge in [0.25, 0.3) is 5.78 Å². The van der Waals surface area contributed by atoms with Crippen LogP contribution in [0.15, 0.2) is 12.4 Å². The third-order valence-corrected chi connectivity index (χ3v) is 4.36. The van der Waals surface area contributed by atoms with Gasteiger partial charge in [0.2, 0.25) is 0 Å². The van der Waals surface area contributed by atoms with Gasteiger partial charge in [-0.2, -0.15) is 19.6 Å². The van der Waals surface area contributed by atoms with E-state index in [9.17, 15) is 0 Å². The van der Waals surface area contributed by atoms with Gasteiger partial charge in [0.1, 0.15) is 18.0 Å². The lowest BCUT2D eigenvalue weighted by Gasteiger charge is -2.24. The summed E-state index contributed by atoms with van der Waals surface area (Å²) in [7, 11) is 0. The van der Waals surface area contributed by atoms with E-state index in [4.69, 9.17) is 0 Å². The second-order valence-corrected chi connectivity index (χ2v) is 5.72. The van der Waals surface area contributed by atoms with Crippen LogP contribution in [0.5, 0.6) is 0 Å². The number of nitrogens with one attached hydrogen (secondary N) is 2. The van der Waals surface area contributed by atoms with Crippen LogP contribution in [-0.2, 0) is 0 Å². The topological polar surface area (TPSA) is 70.4 Å². The minimum Gasteiger partial charge on any atom is -0.370 e. The largest absolute Gasteiger partial charge is 0.370 e. The number of anilines is 2. The number of piperidine rings is 1. The summed E-state index contributed by atoms with van der Waals surface area (Å²) in [6, 6.07) is 2.08. The summed E-state index contributed by atoms with van der Waals surface area (Å²) in [5.74, 6) is 3.29. The second kappa shape index (κ2) is 6.91. The molecule has 7 heteroatoms. The molecule has 2 N–H and O–H groups in total. The lowest BCUT2D eigenvalue weighted by molar-refractivity contribution is 0.389. The number of hydrogen-bond acceptors (Lipinski definition) is 6. The Labute approximate surface area is 131 Å². The maximum Gasteiger partial charge on any atom is 0.256 e. The third-order valence-electron chi connectivity index (χ3n) is 4.36. The van der Waals surface area contributed by atoms with Gasteiger partial charge in [0.15, 0.2) is 0 Å². The minimum absolute atomic E-state index is 0.650. The average molecular weight is 303 g/mol. The molecule has 3 heterocycles. The van der Waals surface area contributed by atoms with Crippen molar-refractivity contribution in [2.24, 2.45) is 5.92 Å². The highest BCUT2D eigenvalue weighted by atomic mass is 15.4. The molecule has 7 nitrogen and oxygen atoms in total. The Kier molecular flexibility index (Phi) is 4.72. The van der Waals surface area contributed by atoms with E-state index in [0.717, 1.165) is 44.4 Å². The van der Waals surface area contributed by atoms with E-state index >= 15 is 0 Å². The summed E-state index contributed by atoms with van der Waals surface area (Å²) < 4.78 is 1.79. The Bertz CT molecular complexity index is 599. The molecule has 3 rings (SSSR count). The third kappa shape index (κ3) is 3.14. The zero-order valence-electron chi connectivity index (χ0n) is 13.4. The van der Waals surface area contributed by atoms with E-state index < -0.39 is 0 Å². The fraction of sp³-hybridized carbons (Fsp3) is 0.667. The van der Waals surface area contributed by atoms with E-state index in [1.165, 1.54) is 12.8 Å². The van der Waals surface area contributed by atoms with Crippen molar-refractivity contribution in [2.45, 2.75) is 26.7 Å². The maximum atomic E-state index is 4.60. The van der Waals surface area contributed by atoms with E-state index in [1.54, 1.807) is 10.8 Å².